The predicted octanol–water partition coefficient (Wildman–Crippen LogP) is 3.57. The van der Waals surface area contributed by atoms with Crippen molar-refractivity contribution in [3.63, 3.8) is 0 Å². The van der Waals surface area contributed by atoms with E-state index in [0.717, 1.165) is 12.1 Å². The molecule has 2 heterocycles. The average molecular weight is 402 g/mol. The highest BCUT2D eigenvalue weighted by Gasteiger charge is 2.25. The lowest BCUT2D eigenvalue weighted by molar-refractivity contribution is 0.0732. The molecule has 5 nitrogen and oxygen atoms in total. The monoisotopic (exact) mass is 401 g/mol. The first-order valence-corrected chi connectivity index (χ1v) is 8.92. The summed E-state index contributed by atoms with van der Waals surface area (Å²) in [6, 6.07) is 9.93. The maximum Gasteiger partial charge on any atom is 0.256 e. The van der Waals surface area contributed by atoms with Crippen molar-refractivity contribution in [3.8, 4) is 11.4 Å². The largest absolute Gasteiger partial charge is 0.334 e. The van der Waals surface area contributed by atoms with Crippen LogP contribution < -0.4 is 5.56 Å². The van der Waals surface area contributed by atoms with E-state index >= 15 is 0 Å². The molecule has 2 aromatic carbocycles. The molecule has 0 saturated heterocycles. The molecule has 0 spiro atoms. The van der Waals surface area contributed by atoms with Gasteiger partial charge in [0.1, 0.15) is 5.82 Å². The summed E-state index contributed by atoms with van der Waals surface area (Å²) in [5, 5.41) is 0.457. The van der Waals surface area contributed by atoms with E-state index in [4.69, 9.17) is 11.6 Å². The number of carbonyl (C=O) groups excluding carboxylic acids is 1. The summed E-state index contributed by atoms with van der Waals surface area (Å²) in [5.41, 5.74) is 1.23. The second-order valence-corrected chi connectivity index (χ2v) is 6.89. The van der Waals surface area contributed by atoms with Gasteiger partial charge in [-0.05, 0) is 36.4 Å². The van der Waals surface area contributed by atoms with Gasteiger partial charge in [0.25, 0.3) is 11.5 Å². The van der Waals surface area contributed by atoms with Gasteiger partial charge < -0.3 is 9.88 Å². The number of H-pyrrole nitrogens is 1. The number of hydrogen-bond acceptors (Lipinski definition) is 3. The SMILES string of the molecule is O=C(c1cccc(Cl)c1)N1CCc2nc(-c3ccc(F)c(F)c3)[nH]c(=O)c2C1. The van der Waals surface area contributed by atoms with Crippen LogP contribution in [0.15, 0.2) is 47.3 Å². The molecule has 0 aliphatic carbocycles. The van der Waals surface area contributed by atoms with Crippen LogP contribution in [0.5, 0.6) is 0 Å². The fraction of sp³-hybridized carbons (Fsp3) is 0.150. The number of benzene rings is 2. The second kappa shape index (κ2) is 7.16. The molecule has 1 aliphatic heterocycles. The van der Waals surface area contributed by atoms with Gasteiger partial charge in [-0.2, -0.15) is 0 Å². The molecule has 0 atom stereocenters. The Balaban J connectivity index is 1.64. The van der Waals surface area contributed by atoms with Gasteiger partial charge in [-0.3, -0.25) is 9.59 Å². The Morgan fingerprint density at radius 1 is 1.14 bits per heavy atom. The second-order valence-electron chi connectivity index (χ2n) is 6.46. The molecule has 8 heteroatoms. The van der Waals surface area contributed by atoms with Crippen LogP contribution in [0.1, 0.15) is 21.6 Å². The highest BCUT2D eigenvalue weighted by atomic mass is 35.5. The van der Waals surface area contributed by atoms with Gasteiger partial charge in [-0.15, -0.1) is 0 Å². The standard InChI is InChI=1S/C20H14ClF2N3O2/c21-13-3-1-2-12(8-13)20(28)26-7-6-17-14(10-26)19(27)25-18(24-17)11-4-5-15(22)16(23)9-11/h1-5,8-9H,6-7,10H2,(H,24,25,27). The van der Waals surface area contributed by atoms with Gasteiger partial charge in [0.05, 0.1) is 17.8 Å². The highest BCUT2D eigenvalue weighted by Crippen LogP contribution is 2.22. The zero-order valence-corrected chi connectivity index (χ0v) is 15.3. The van der Waals surface area contributed by atoms with E-state index in [1.54, 1.807) is 29.2 Å². The molecule has 0 unspecified atom stereocenters. The summed E-state index contributed by atoms with van der Waals surface area (Å²) in [6.07, 6.45) is 0.377. The topological polar surface area (TPSA) is 66.1 Å². The Kier molecular flexibility index (Phi) is 4.68. The zero-order valence-electron chi connectivity index (χ0n) is 14.5. The van der Waals surface area contributed by atoms with Crippen LogP contribution in [0.3, 0.4) is 0 Å². The van der Waals surface area contributed by atoms with Gasteiger partial charge in [0.15, 0.2) is 11.6 Å². The molecule has 1 amide bonds. The highest BCUT2D eigenvalue weighted by molar-refractivity contribution is 6.30. The van der Waals surface area contributed by atoms with E-state index in [0.29, 0.717) is 34.8 Å². The molecule has 3 aromatic rings. The summed E-state index contributed by atoms with van der Waals surface area (Å²) < 4.78 is 26.6. The molecule has 142 valence electrons. The molecular formula is C20H14ClF2N3O2. The minimum Gasteiger partial charge on any atom is -0.334 e. The number of aromatic nitrogens is 2. The molecule has 0 saturated carbocycles. The predicted molar refractivity (Wildman–Crippen MR) is 100 cm³/mol. The number of nitrogens with one attached hydrogen (secondary N) is 1. The smallest absolute Gasteiger partial charge is 0.256 e. The number of halogens is 3. The summed E-state index contributed by atoms with van der Waals surface area (Å²) in [5.74, 6) is -2.05. The number of carbonyl (C=O) groups is 1. The maximum absolute atomic E-state index is 13.5. The van der Waals surface area contributed by atoms with Crippen LogP contribution in [0.25, 0.3) is 11.4 Å². The van der Waals surface area contributed by atoms with Crippen molar-refractivity contribution in [2.45, 2.75) is 13.0 Å². The van der Waals surface area contributed by atoms with Gasteiger partial charge >= 0.3 is 0 Å². The molecule has 0 fully saturated rings. The summed E-state index contributed by atoms with van der Waals surface area (Å²) >= 11 is 5.94. The van der Waals surface area contributed by atoms with E-state index in [2.05, 4.69) is 9.97 Å². The van der Waals surface area contributed by atoms with Gasteiger partial charge in [-0.1, -0.05) is 17.7 Å². The van der Waals surface area contributed by atoms with Gasteiger partial charge in [0, 0.05) is 29.1 Å². The molecule has 28 heavy (non-hydrogen) atoms. The Hall–Kier alpha value is -3.06. The van der Waals surface area contributed by atoms with Crippen molar-refractivity contribution < 1.29 is 13.6 Å². The van der Waals surface area contributed by atoms with Crippen molar-refractivity contribution in [3.05, 3.63) is 86.3 Å². The van der Waals surface area contributed by atoms with Gasteiger partial charge in [0.2, 0.25) is 0 Å². The van der Waals surface area contributed by atoms with E-state index in [9.17, 15) is 18.4 Å². The maximum atomic E-state index is 13.5. The van der Waals surface area contributed by atoms with Crippen LogP contribution in [0, 0.1) is 11.6 Å². The number of rotatable bonds is 2. The fourth-order valence-corrected chi connectivity index (χ4v) is 3.37. The third-order valence-electron chi connectivity index (χ3n) is 4.62. The fourth-order valence-electron chi connectivity index (χ4n) is 3.18. The Morgan fingerprint density at radius 3 is 2.71 bits per heavy atom. The Bertz CT molecular complexity index is 1150. The lowest BCUT2D eigenvalue weighted by Crippen LogP contribution is -2.39. The third kappa shape index (κ3) is 3.41. The molecule has 1 aliphatic rings. The molecule has 0 radical (unpaired) electrons. The van der Waals surface area contributed by atoms with E-state index in [1.165, 1.54) is 6.07 Å². The molecule has 0 bridgehead atoms. The summed E-state index contributed by atoms with van der Waals surface area (Å²) in [4.78, 5) is 33.8. The molecular weight excluding hydrogens is 388 g/mol. The Morgan fingerprint density at radius 2 is 1.96 bits per heavy atom. The van der Waals surface area contributed by atoms with Crippen LogP contribution in [-0.2, 0) is 13.0 Å². The normalized spacial score (nSPS) is 13.3. The number of fused-ring (bicyclic) bond motifs is 1. The number of aromatic amines is 1. The number of amides is 1. The van der Waals surface area contributed by atoms with E-state index < -0.39 is 17.2 Å². The third-order valence-corrected chi connectivity index (χ3v) is 4.86. The Labute approximate surface area is 163 Å². The first kappa shape index (κ1) is 18.3. The first-order valence-electron chi connectivity index (χ1n) is 8.54. The average Bonchev–Trinajstić information content (AvgIpc) is 2.69. The van der Waals surface area contributed by atoms with Crippen molar-refractivity contribution in [2.75, 3.05) is 6.54 Å². The molecule has 1 N–H and O–H groups in total. The van der Waals surface area contributed by atoms with E-state index in [1.807, 2.05) is 0 Å². The molecule has 1 aromatic heterocycles. The van der Waals surface area contributed by atoms with Crippen molar-refractivity contribution in [1.29, 1.82) is 0 Å². The number of nitrogens with zero attached hydrogens (tertiary/aromatic N) is 2. The summed E-state index contributed by atoms with van der Waals surface area (Å²) in [7, 11) is 0. The lowest BCUT2D eigenvalue weighted by Gasteiger charge is -2.28. The van der Waals surface area contributed by atoms with Crippen LogP contribution in [-0.4, -0.2) is 27.3 Å². The van der Waals surface area contributed by atoms with Gasteiger partial charge in [-0.25, -0.2) is 13.8 Å². The zero-order chi connectivity index (χ0) is 19.8. The van der Waals surface area contributed by atoms with Crippen molar-refractivity contribution in [1.82, 2.24) is 14.9 Å². The molecule has 4 rings (SSSR count). The van der Waals surface area contributed by atoms with Crippen LogP contribution in [0.2, 0.25) is 5.02 Å². The first-order chi connectivity index (χ1) is 13.4. The minimum atomic E-state index is -1.02. The van der Waals surface area contributed by atoms with E-state index in [-0.39, 0.29) is 23.8 Å². The lowest BCUT2D eigenvalue weighted by atomic mass is 10.0. The minimum absolute atomic E-state index is 0.112. The van der Waals surface area contributed by atoms with Crippen LogP contribution >= 0.6 is 11.6 Å². The summed E-state index contributed by atoms with van der Waals surface area (Å²) in [6.45, 7) is 0.493. The van der Waals surface area contributed by atoms with Crippen molar-refractivity contribution in [2.24, 2.45) is 0 Å². The van der Waals surface area contributed by atoms with Crippen molar-refractivity contribution >= 4 is 17.5 Å². The number of hydrogen-bond donors (Lipinski definition) is 1. The quantitative estimate of drug-likeness (QED) is 0.714. The van der Waals surface area contributed by atoms with Crippen LogP contribution in [0.4, 0.5) is 8.78 Å².